The molecule has 0 radical (unpaired) electrons. The number of benzene rings is 2. The van der Waals surface area contributed by atoms with Gasteiger partial charge in [-0.2, -0.15) is 0 Å². The molecule has 0 bridgehead atoms. The summed E-state index contributed by atoms with van der Waals surface area (Å²) in [5.41, 5.74) is 5.21. The van der Waals surface area contributed by atoms with E-state index in [1.807, 2.05) is 0 Å². The van der Waals surface area contributed by atoms with Crippen molar-refractivity contribution in [1.82, 2.24) is 0 Å². The largest absolute Gasteiger partial charge is 0.396 e. The fourth-order valence-electron chi connectivity index (χ4n) is 1.44. The van der Waals surface area contributed by atoms with Gasteiger partial charge < -0.3 is 5.73 Å². The first-order valence-corrected chi connectivity index (χ1v) is 4.58. The topological polar surface area (TPSA) is 26.0 Å². The summed E-state index contributed by atoms with van der Waals surface area (Å²) in [5, 5.41) is 0. The van der Waals surface area contributed by atoms with Crippen LogP contribution in [0.5, 0.6) is 0 Å². The first-order valence-electron chi connectivity index (χ1n) is 4.58. The first kappa shape index (κ1) is 10.5. The van der Waals surface area contributed by atoms with E-state index in [-0.39, 0.29) is 16.8 Å². The molecule has 2 N–H and O–H groups in total. The maximum atomic E-state index is 13.5. The van der Waals surface area contributed by atoms with E-state index < -0.39 is 17.5 Å². The molecule has 0 atom stereocenters. The van der Waals surface area contributed by atoms with Gasteiger partial charge in [0.05, 0.1) is 5.69 Å². The minimum atomic E-state index is -0.722. The van der Waals surface area contributed by atoms with Crippen molar-refractivity contribution in [2.24, 2.45) is 0 Å². The third kappa shape index (κ3) is 1.86. The Balaban J connectivity index is 2.60. The summed E-state index contributed by atoms with van der Waals surface area (Å²) < 4.78 is 39.6. The Morgan fingerprint density at radius 2 is 1.62 bits per heavy atom. The molecule has 82 valence electrons. The highest BCUT2D eigenvalue weighted by molar-refractivity contribution is 5.66. The molecule has 2 rings (SSSR count). The minimum absolute atomic E-state index is 0.00815. The van der Waals surface area contributed by atoms with Gasteiger partial charge in [-0.05, 0) is 23.8 Å². The van der Waals surface area contributed by atoms with Crippen LogP contribution in [-0.4, -0.2) is 0 Å². The van der Waals surface area contributed by atoms with Crippen molar-refractivity contribution in [1.29, 1.82) is 0 Å². The van der Waals surface area contributed by atoms with Crippen molar-refractivity contribution in [3.05, 3.63) is 53.8 Å². The normalized spacial score (nSPS) is 10.4. The summed E-state index contributed by atoms with van der Waals surface area (Å²) in [6.45, 7) is 0. The highest BCUT2D eigenvalue weighted by Gasteiger charge is 2.10. The van der Waals surface area contributed by atoms with Gasteiger partial charge in [-0.25, -0.2) is 13.2 Å². The van der Waals surface area contributed by atoms with Crippen LogP contribution in [0.15, 0.2) is 36.4 Å². The number of rotatable bonds is 1. The molecule has 0 spiro atoms. The molecule has 0 aromatic heterocycles. The van der Waals surface area contributed by atoms with Gasteiger partial charge >= 0.3 is 0 Å². The number of hydrogen-bond acceptors (Lipinski definition) is 1. The van der Waals surface area contributed by atoms with Crippen LogP contribution in [0.3, 0.4) is 0 Å². The van der Waals surface area contributed by atoms with Gasteiger partial charge in [-0.15, -0.1) is 0 Å². The summed E-state index contributed by atoms with van der Waals surface area (Å²) in [4.78, 5) is 0. The molecule has 0 fully saturated rings. The second-order valence-corrected chi connectivity index (χ2v) is 3.36. The third-order valence-corrected chi connectivity index (χ3v) is 2.22. The Kier molecular flexibility index (Phi) is 2.56. The molecule has 2 aromatic carbocycles. The summed E-state index contributed by atoms with van der Waals surface area (Å²) in [6, 6.07) is 7.13. The molecule has 1 nitrogen and oxygen atoms in total. The Morgan fingerprint density at radius 3 is 2.31 bits per heavy atom. The minimum Gasteiger partial charge on any atom is -0.396 e. The van der Waals surface area contributed by atoms with Crippen molar-refractivity contribution >= 4 is 5.69 Å². The van der Waals surface area contributed by atoms with E-state index >= 15 is 0 Å². The van der Waals surface area contributed by atoms with E-state index in [1.165, 1.54) is 18.2 Å². The molecule has 0 saturated heterocycles. The van der Waals surface area contributed by atoms with Gasteiger partial charge in [-0.1, -0.05) is 12.1 Å². The predicted octanol–water partition coefficient (Wildman–Crippen LogP) is 3.35. The fraction of sp³-hybridized carbons (Fsp3) is 0. The monoisotopic (exact) mass is 223 g/mol. The molecule has 0 aliphatic carbocycles. The van der Waals surface area contributed by atoms with E-state index in [0.717, 1.165) is 18.2 Å². The van der Waals surface area contributed by atoms with Gasteiger partial charge in [0.25, 0.3) is 0 Å². The van der Waals surface area contributed by atoms with Crippen LogP contribution >= 0.6 is 0 Å². The highest BCUT2D eigenvalue weighted by Crippen LogP contribution is 2.26. The van der Waals surface area contributed by atoms with E-state index in [4.69, 9.17) is 5.73 Å². The maximum absolute atomic E-state index is 13.5. The number of nitrogen functional groups attached to an aromatic ring is 1. The van der Waals surface area contributed by atoms with E-state index in [2.05, 4.69) is 0 Å². The summed E-state index contributed by atoms with van der Waals surface area (Å²) >= 11 is 0. The number of halogens is 3. The molecule has 2 aromatic rings. The van der Waals surface area contributed by atoms with Crippen molar-refractivity contribution in [3.8, 4) is 11.1 Å². The standard InChI is InChI=1S/C12H8F3N/c13-8-3-1-2-7(4-8)9-5-11(15)12(16)6-10(9)14/h1-6H,16H2. The Hall–Kier alpha value is -1.97. The van der Waals surface area contributed by atoms with Gasteiger partial charge in [0.15, 0.2) is 0 Å². The quantitative estimate of drug-likeness (QED) is 0.737. The lowest BCUT2D eigenvalue weighted by Crippen LogP contribution is -1.94. The molecule has 0 heterocycles. The lowest BCUT2D eigenvalue weighted by Gasteiger charge is -2.05. The van der Waals surface area contributed by atoms with Crippen LogP contribution in [0.25, 0.3) is 11.1 Å². The number of hydrogen-bond donors (Lipinski definition) is 1. The van der Waals surface area contributed by atoms with Gasteiger partial charge in [0.2, 0.25) is 0 Å². The van der Waals surface area contributed by atoms with Crippen molar-refractivity contribution in [3.63, 3.8) is 0 Å². The summed E-state index contributed by atoms with van der Waals surface area (Å²) in [7, 11) is 0. The average molecular weight is 223 g/mol. The molecule has 0 aliphatic rings. The molecule has 0 amide bonds. The van der Waals surface area contributed by atoms with Crippen molar-refractivity contribution < 1.29 is 13.2 Å². The fourth-order valence-corrected chi connectivity index (χ4v) is 1.44. The molecule has 0 aliphatic heterocycles. The lowest BCUT2D eigenvalue weighted by atomic mass is 10.0. The van der Waals surface area contributed by atoms with Crippen molar-refractivity contribution in [2.45, 2.75) is 0 Å². The van der Waals surface area contributed by atoms with Crippen LogP contribution in [0.2, 0.25) is 0 Å². The Bertz CT molecular complexity index is 538. The zero-order chi connectivity index (χ0) is 11.7. The van der Waals surface area contributed by atoms with Crippen LogP contribution in [-0.2, 0) is 0 Å². The second kappa shape index (κ2) is 3.89. The van der Waals surface area contributed by atoms with Gasteiger partial charge in [0.1, 0.15) is 17.5 Å². The first-order chi connectivity index (χ1) is 7.58. The molecule has 4 heteroatoms. The molecular formula is C12H8F3N. The zero-order valence-corrected chi connectivity index (χ0v) is 8.18. The van der Waals surface area contributed by atoms with Crippen molar-refractivity contribution in [2.75, 3.05) is 5.73 Å². The van der Waals surface area contributed by atoms with Gasteiger partial charge in [-0.3, -0.25) is 0 Å². The smallest absolute Gasteiger partial charge is 0.146 e. The van der Waals surface area contributed by atoms with Gasteiger partial charge in [0, 0.05) is 11.6 Å². The maximum Gasteiger partial charge on any atom is 0.146 e. The SMILES string of the molecule is Nc1cc(F)c(-c2cccc(F)c2)cc1F. The van der Waals surface area contributed by atoms with Crippen LogP contribution in [0, 0.1) is 17.5 Å². The van der Waals surface area contributed by atoms with Crippen LogP contribution in [0.1, 0.15) is 0 Å². The lowest BCUT2D eigenvalue weighted by molar-refractivity contribution is 0.606. The predicted molar refractivity (Wildman–Crippen MR) is 56.2 cm³/mol. The van der Waals surface area contributed by atoms with E-state index in [0.29, 0.717) is 0 Å². The molecule has 0 saturated carbocycles. The Labute approximate surface area is 90.3 Å². The van der Waals surface area contributed by atoms with E-state index in [1.54, 1.807) is 0 Å². The molecule has 16 heavy (non-hydrogen) atoms. The second-order valence-electron chi connectivity index (χ2n) is 3.36. The average Bonchev–Trinajstić information content (AvgIpc) is 2.23. The summed E-state index contributed by atoms with van der Waals surface area (Å²) in [5.74, 6) is -1.90. The van der Waals surface area contributed by atoms with E-state index in [9.17, 15) is 13.2 Å². The van der Waals surface area contributed by atoms with Crippen LogP contribution in [0.4, 0.5) is 18.9 Å². The Morgan fingerprint density at radius 1 is 0.875 bits per heavy atom. The number of nitrogens with two attached hydrogens (primary N) is 1. The summed E-state index contributed by atoms with van der Waals surface area (Å²) in [6.07, 6.45) is 0. The molecule has 0 unspecified atom stereocenters. The highest BCUT2D eigenvalue weighted by atomic mass is 19.1. The number of anilines is 1. The van der Waals surface area contributed by atoms with Crippen LogP contribution < -0.4 is 5.73 Å². The zero-order valence-electron chi connectivity index (χ0n) is 8.18. The molecular weight excluding hydrogens is 215 g/mol. The third-order valence-electron chi connectivity index (χ3n) is 2.22.